The molecule has 3 heterocycles. The number of hydrogen-bond acceptors (Lipinski definition) is 7. The highest BCUT2D eigenvalue weighted by Gasteiger charge is 2.71. The zero-order chi connectivity index (χ0) is 23.3. The van der Waals surface area contributed by atoms with Crippen molar-refractivity contribution in [1.82, 2.24) is 30.0 Å². The first kappa shape index (κ1) is 21.4. The fourth-order valence-electron chi connectivity index (χ4n) is 4.97. The quantitative estimate of drug-likeness (QED) is 0.611. The van der Waals surface area contributed by atoms with Crippen molar-refractivity contribution in [3.63, 3.8) is 0 Å². The normalized spacial score (nSPS) is 23.3. The summed E-state index contributed by atoms with van der Waals surface area (Å²) in [5, 5.41) is 12.2. The van der Waals surface area contributed by atoms with Gasteiger partial charge in [0.2, 0.25) is 0 Å². The Kier molecular flexibility index (Phi) is 4.88. The average Bonchev–Trinajstić information content (AvgIpc) is 3.14. The molecule has 3 aromatic rings. The van der Waals surface area contributed by atoms with Gasteiger partial charge in [0.05, 0.1) is 24.7 Å². The van der Waals surface area contributed by atoms with Gasteiger partial charge in [-0.2, -0.15) is 0 Å². The lowest BCUT2D eigenvalue weighted by atomic mass is 9.39. The molecule has 1 amide bonds. The summed E-state index contributed by atoms with van der Waals surface area (Å²) >= 11 is 0. The van der Waals surface area contributed by atoms with Gasteiger partial charge < -0.3 is 14.8 Å². The number of ether oxygens (including phenoxy) is 2. The van der Waals surface area contributed by atoms with Crippen LogP contribution in [0.1, 0.15) is 52.8 Å². The van der Waals surface area contributed by atoms with Crippen LogP contribution in [0.4, 0.5) is 4.79 Å². The summed E-state index contributed by atoms with van der Waals surface area (Å²) in [6.07, 6.45) is 7.26. The van der Waals surface area contributed by atoms with E-state index < -0.39 is 5.60 Å². The highest BCUT2D eigenvalue weighted by Crippen LogP contribution is 2.67. The van der Waals surface area contributed by atoms with Crippen LogP contribution in [0.25, 0.3) is 17.2 Å². The number of aromatic nitrogens is 5. The zero-order valence-electron chi connectivity index (χ0n) is 19.3. The van der Waals surface area contributed by atoms with Gasteiger partial charge in [0.1, 0.15) is 22.9 Å². The Bertz CT molecular complexity index is 1150. The summed E-state index contributed by atoms with van der Waals surface area (Å²) in [6.45, 7) is 8.11. The van der Waals surface area contributed by atoms with Crippen LogP contribution in [0.2, 0.25) is 0 Å². The molecule has 6 rings (SSSR count). The van der Waals surface area contributed by atoms with E-state index in [1.54, 1.807) is 18.6 Å². The van der Waals surface area contributed by atoms with Gasteiger partial charge in [0.25, 0.3) is 0 Å². The standard InChI is InChI=1S/C24H28N6O3/c1-5-32-17-8-9-18(26-12-17)19-28-29-20(30(19)16-7-6-10-25-11-16)23-13-24(14-23,15-23)27-21(31)33-22(2,3)4/h6-12H,5,13-15H2,1-4H3,(H,27,31). The van der Waals surface area contributed by atoms with Crippen LogP contribution in [0.15, 0.2) is 42.9 Å². The Morgan fingerprint density at radius 1 is 1.15 bits per heavy atom. The second-order valence-electron chi connectivity index (χ2n) is 9.92. The van der Waals surface area contributed by atoms with E-state index >= 15 is 0 Å². The Hall–Kier alpha value is -3.49. The molecule has 0 aromatic carbocycles. The highest BCUT2D eigenvalue weighted by atomic mass is 16.6. The lowest BCUT2D eigenvalue weighted by Crippen LogP contribution is -2.77. The number of rotatable bonds is 6. The van der Waals surface area contributed by atoms with Crippen LogP contribution >= 0.6 is 0 Å². The van der Waals surface area contributed by atoms with Gasteiger partial charge >= 0.3 is 6.09 Å². The molecule has 3 saturated carbocycles. The molecule has 1 N–H and O–H groups in total. The van der Waals surface area contributed by atoms with Gasteiger partial charge in [0, 0.05) is 17.2 Å². The topological polar surface area (TPSA) is 104 Å². The fourth-order valence-corrected chi connectivity index (χ4v) is 4.97. The van der Waals surface area contributed by atoms with Crippen molar-refractivity contribution in [3.8, 4) is 23.0 Å². The fraction of sp³-hybridized carbons (Fsp3) is 0.458. The Morgan fingerprint density at radius 3 is 2.55 bits per heavy atom. The third-order valence-corrected chi connectivity index (χ3v) is 6.11. The van der Waals surface area contributed by atoms with Crippen molar-refractivity contribution in [1.29, 1.82) is 0 Å². The molecular weight excluding hydrogens is 420 g/mol. The van der Waals surface area contributed by atoms with Crippen LogP contribution in [0.3, 0.4) is 0 Å². The second-order valence-corrected chi connectivity index (χ2v) is 9.92. The predicted molar refractivity (Wildman–Crippen MR) is 121 cm³/mol. The van der Waals surface area contributed by atoms with Crippen LogP contribution in [0.5, 0.6) is 5.75 Å². The molecule has 3 fully saturated rings. The third kappa shape index (κ3) is 3.81. The van der Waals surface area contributed by atoms with Gasteiger partial charge in [-0.1, -0.05) is 0 Å². The first-order chi connectivity index (χ1) is 15.7. The largest absolute Gasteiger partial charge is 0.492 e. The number of hydrogen-bond donors (Lipinski definition) is 1. The Morgan fingerprint density at radius 2 is 1.94 bits per heavy atom. The second kappa shape index (κ2) is 7.54. The maximum absolute atomic E-state index is 12.3. The van der Waals surface area contributed by atoms with Gasteiger partial charge in [-0.05, 0) is 71.2 Å². The minimum absolute atomic E-state index is 0.138. The molecule has 172 valence electrons. The lowest BCUT2D eigenvalue weighted by Gasteiger charge is -2.69. The number of nitrogens with one attached hydrogen (secondary N) is 1. The summed E-state index contributed by atoms with van der Waals surface area (Å²) in [5.41, 5.74) is 0.689. The molecule has 0 saturated heterocycles. The van der Waals surface area contributed by atoms with E-state index in [0.29, 0.717) is 23.9 Å². The summed E-state index contributed by atoms with van der Waals surface area (Å²) in [7, 11) is 0. The van der Waals surface area contributed by atoms with Crippen molar-refractivity contribution in [2.24, 2.45) is 0 Å². The third-order valence-electron chi connectivity index (χ3n) is 6.11. The average molecular weight is 449 g/mol. The molecule has 9 nitrogen and oxygen atoms in total. The monoisotopic (exact) mass is 448 g/mol. The maximum atomic E-state index is 12.3. The van der Waals surface area contributed by atoms with E-state index in [1.165, 1.54) is 0 Å². The van der Waals surface area contributed by atoms with E-state index in [-0.39, 0.29) is 17.0 Å². The number of pyridine rings is 2. The van der Waals surface area contributed by atoms with Crippen molar-refractivity contribution in [3.05, 3.63) is 48.7 Å². The number of nitrogens with zero attached hydrogens (tertiary/aromatic N) is 5. The Balaban J connectivity index is 1.43. The number of carbonyl (C=O) groups is 1. The van der Waals surface area contributed by atoms with E-state index in [4.69, 9.17) is 9.47 Å². The molecule has 3 aliphatic rings. The zero-order valence-corrected chi connectivity index (χ0v) is 19.3. The minimum Gasteiger partial charge on any atom is -0.492 e. The SMILES string of the molecule is CCOc1ccc(-c2nnc(C34CC(NC(=O)OC(C)(C)C)(C3)C4)n2-c2cccnc2)nc1. The minimum atomic E-state index is -0.522. The van der Waals surface area contributed by atoms with E-state index in [1.807, 2.05) is 56.5 Å². The summed E-state index contributed by atoms with van der Waals surface area (Å²) in [5.74, 6) is 2.23. The first-order valence-electron chi connectivity index (χ1n) is 11.2. The van der Waals surface area contributed by atoms with Crippen LogP contribution in [-0.2, 0) is 10.2 Å². The van der Waals surface area contributed by atoms with E-state index in [0.717, 1.165) is 30.8 Å². The van der Waals surface area contributed by atoms with Crippen LogP contribution in [0, 0.1) is 0 Å². The molecule has 0 atom stereocenters. The predicted octanol–water partition coefficient (Wildman–Crippen LogP) is 3.82. The van der Waals surface area contributed by atoms with Crippen molar-refractivity contribution in [2.75, 3.05) is 6.61 Å². The molecule has 33 heavy (non-hydrogen) atoms. The number of amides is 1. The molecule has 2 bridgehead atoms. The summed E-state index contributed by atoms with van der Waals surface area (Å²) < 4.78 is 13.0. The molecule has 3 aliphatic carbocycles. The molecule has 0 spiro atoms. The Labute approximate surface area is 192 Å². The van der Waals surface area contributed by atoms with Gasteiger partial charge in [-0.15, -0.1) is 10.2 Å². The van der Waals surface area contributed by atoms with E-state index in [2.05, 4.69) is 25.5 Å². The molecular formula is C24H28N6O3. The van der Waals surface area contributed by atoms with Gasteiger partial charge in [-0.25, -0.2) is 9.78 Å². The molecule has 9 heteroatoms. The smallest absolute Gasteiger partial charge is 0.408 e. The van der Waals surface area contributed by atoms with E-state index in [9.17, 15) is 4.79 Å². The van der Waals surface area contributed by atoms with Crippen molar-refractivity contribution in [2.45, 2.75) is 63.5 Å². The van der Waals surface area contributed by atoms with Crippen molar-refractivity contribution >= 4 is 6.09 Å². The number of carbonyl (C=O) groups excluding carboxylic acids is 1. The lowest BCUT2D eigenvalue weighted by molar-refractivity contribution is -0.0944. The van der Waals surface area contributed by atoms with Crippen molar-refractivity contribution < 1.29 is 14.3 Å². The maximum Gasteiger partial charge on any atom is 0.408 e. The molecule has 3 aromatic heterocycles. The molecule has 0 unspecified atom stereocenters. The molecule has 0 radical (unpaired) electrons. The number of alkyl carbamates (subject to hydrolysis) is 1. The van der Waals surface area contributed by atoms with Crippen LogP contribution in [-0.4, -0.2) is 48.6 Å². The summed E-state index contributed by atoms with van der Waals surface area (Å²) in [4.78, 5) is 21.1. The van der Waals surface area contributed by atoms with Gasteiger partial charge in [-0.3, -0.25) is 9.55 Å². The summed E-state index contributed by atoms with van der Waals surface area (Å²) in [6, 6.07) is 7.65. The van der Waals surface area contributed by atoms with Gasteiger partial charge in [0.15, 0.2) is 5.82 Å². The highest BCUT2D eigenvalue weighted by molar-refractivity contribution is 5.70. The van der Waals surface area contributed by atoms with Crippen LogP contribution < -0.4 is 10.1 Å². The molecule has 0 aliphatic heterocycles. The first-order valence-corrected chi connectivity index (χ1v) is 11.2.